The van der Waals surface area contributed by atoms with Crippen molar-refractivity contribution in [1.82, 2.24) is 25.2 Å². The van der Waals surface area contributed by atoms with E-state index in [0.29, 0.717) is 12.2 Å². The van der Waals surface area contributed by atoms with E-state index in [0.717, 1.165) is 32.6 Å². The Balaban J connectivity index is 0.00000161. The highest BCUT2D eigenvalue weighted by molar-refractivity contribution is 7.09. The summed E-state index contributed by atoms with van der Waals surface area (Å²) in [5, 5.41) is 13.4. The van der Waals surface area contributed by atoms with Crippen LogP contribution in [0.5, 0.6) is 0 Å². The molecular weight excluding hydrogens is 310 g/mol. The van der Waals surface area contributed by atoms with Crippen molar-refractivity contribution in [2.75, 3.05) is 26.2 Å². The molecule has 3 heterocycles. The van der Waals surface area contributed by atoms with E-state index in [1.165, 1.54) is 4.88 Å². The van der Waals surface area contributed by atoms with Gasteiger partial charge in [-0.2, -0.15) is 0 Å². The SMILES string of the molecule is Cl.O=C(c1cn(Cc2cccs2)nn1)N1CCCNCC1. The molecule has 0 aromatic carbocycles. The number of halogens is 1. The summed E-state index contributed by atoms with van der Waals surface area (Å²) in [5.74, 6) is -0.0221. The molecule has 21 heavy (non-hydrogen) atoms. The Labute approximate surface area is 133 Å². The van der Waals surface area contributed by atoms with E-state index in [1.54, 1.807) is 22.2 Å². The van der Waals surface area contributed by atoms with Crippen LogP contribution < -0.4 is 5.32 Å². The minimum absolute atomic E-state index is 0. The zero-order valence-electron chi connectivity index (χ0n) is 11.6. The third-order valence-electron chi connectivity index (χ3n) is 3.28. The van der Waals surface area contributed by atoms with E-state index < -0.39 is 0 Å². The summed E-state index contributed by atoms with van der Waals surface area (Å²) in [6, 6.07) is 4.06. The summed E-state index contributed by atoms with van der Waals surface area (Å²) >= 11 is 1.67. The van der Waals surface area contributed by atoms with Gasteiger partial charge in [-0.3, -0.25) is 4.79 Å². The molecule has 0 unspecified atom stereocenters. The molecule has 1 aliphatic rings. The Bertz CT molecular complexity index is 563. The lowest BCUT2D eigenvalue weighted by Crippen LogP contribution is -2.34. The largest absolute Gasteiger partial charge is 0.336 e. The lowest BCUT2D eigenvalue weighted by Gasteiger charge is -2.17. The summed E-state index contributed by atoms with van der Waals surface area (Å²) in [5.41, 5.74) is 0.434. The normalized spacial score (nSPS) is 15.3. The highest BCUT2D eigenvalue weighted by atomic mass is 35.5. The van der Waals surface area contributed by atoms with Gasteiger partial charge in [-0.05, 0) is 24.4 Å². The van der Waals surface area contributed by atoms with Crippen molar-refractivity contribution in [3.63, 3.8) is 0 Å². The molecule has 6 nitrogen and oxygen atoms in total. The van der Waals surface area contributed by atoms with E-state index in [9.17, 15) is 4.79 Å². The number of aromatic nitrogens is 3. The predicted octanol–water partition coefficient (Wildman–Crippen LogP) is 1.25. The second-order valence-electron chi connectivity index (χ2n) is 4.78. The van der Waals surface area contributed by atoms with E-state index in [-0.39, 0.29) is 18.3 Å². The van der Waals surface area contributed by atoms with Gasteiger partial charge in [-0.1, -0.05) is 11.3 Å². The monoisotopic (exact) mass is 327 g/mol. The molecule has 0 spiro atoms. The number of nitrogens with zero attached hydrogens (tertiary/aromatic N) is 4. The maximum Gasteiger partial charge on any atom is 0.276 e. The van der Waals surface area contributed by atoms with Gasteiger partial charge < -0.3 is 10.2 Å². The summed E-state index contributed by atoms with van der Waals surface area (Å²) in [6.07, 6.45) is 2.72. The molecule has 1 fully saturated rings. The maximum atomic E-state index is 12.4. The minimum Gasteiger partial charge on any atom is -0.336 e. The Kier molecular flexibility index (Phi) is 5.72. The first kappa shape index (κ1) is 15.9. The smallest absolute Gasteiger partial charge is 0.276 e. The van der Waals surface area contributed by atoms with Gasteiger partial charge in [0.25, 0.3) is 5.91 Å². The number of hydrogen-bond donors (Lipinski definition) is 1. The molecule has 3 rings (SSSR count). The second kappa shape index (κ2) is 7.53. The lowest BCUT2D eigenvalue weighted by atomic mass is 10.3. The van der Waals surface area contributed by atoms with Crippen molar-refractivity contribution in [3.8, 4) is 0 Å². The van der Waals surface area contributed by atoms with Gasteiger partial charge in [0.05, 0.1) is 12.7 Å². The van der Waals surface area contributed by atoms with Crippen molar-refractivity contribution >= 4 is 29.7 Å². The number of amides is 1. The fourth-order valence-corrected chi connectivity index (χ4v) is 2.94. The molecule has 0 radical (unpaired) electrons. The van der Waals surface area contributed by atoms with Crippen LogP contribution >= 0.6 is 23.7 Å². The fourth-order valence-electron chi connectivity index (χ4n) is 2.25. The van der Waals surface area contributed by atoms with Crippen LogP contribution in [0.2, 0.25) is 0 Å². The third kappa shape index (κ3) is 4.03. The van der Waals surface area contributed by atoms with Crippen LogP contribution in [0.15, 0.2) is 23.7 Å². The summed E-state index contributed by atoms with van der Waals surface area (Å²) in [4.78, 5) is 15.4. The zero-order valence-corrected chi connectivity index (χ0v) is 13.2. The van der Waals surface area contributed by atoms with Crippen molar-refractivity contribution in [2.45, 2.75) is 13.0 Å². The van der Waals surface area contributed by atoms with Gasteiger partial charge in [0.2, 0.25) is 0 Å². The molecule has 1 aliphatic heterocycles. The number of rotatable bonds is 3. The number of hydrogen-bond acceptors (Lipinski definition) is 5. The first-order valence-corrected chi connectivity index (χ1v) is 7.63. The highest BCUT2D eigenvalue weighted by Gasteiger charge is 2.20. The van der Waals surface area contributed by atoms with Crippen molar-refractivity contribution < 1.29 is 4.79 Å². The summed E-state index contributed by atoms with van der Waals surface area (Å²) in [6.45, 7) is 3.99. The molecular formula is C13H18ClN5OS. The molecule has 0 bridgehead atoms. The molecule has 1 amide bonds. The second-order valence-corrected chi connectivity index (χ2v) is 5.81. The summed E-state index contributed by atoms with van der Waals surface area (Å²) < 4.78 is 1.72. The fraction of sp³-hybridized carbons (Fsp3) is 0.462. The molecule has 0 atom stereocenters. The maximum absolute atomic E-state index is 12.4. The molecule has 0 aliphatic carbocycles. The van der Waals surface area contributed by atoms with E-state index >= 15 is 0 Å². The van der Waals surface area contributed by atoms with Crippen LogP contribution in [-0.2, 0) is 6.54 Å². The van der Waals surface area contributed by atoms with E-state index in [4.69, 9.17) is 0 Å². The topological polar surface area (TPSA) is 63.1 Å². The van der Waals surface area contributed by atoms with Gasteiger partial charge in [0.1, 0.15) is 0 Å². The van der Waals surface area contributed by atoms with E-state index in [1.807, 2.05) is 22.4 Å². The number of nitrogens with one attached hydrogen (secondary N) is 1. The van der Waals surface area contributed by atoms with Crippen LogP contribution in [0.25, 0.3) is 0 Å². The van der Waals surface area contributed by atoms with Crippen molar-refractivity contribution in [1.29, 1.82) is 0 Å². The standard InChI is InChI=1S/C13H17N5OS.ClH/c19-13(17-6-2-4-14-5-7-17)12-10-18(16-15-12)9-11-3-1-8-20-11;/h1,3,8,10,14H,2,4-7,9H2;1H. The third-order valence-corrected chi connectivity index (χ3v) is 4.14. The quantitative estimate of drug-likeness (QED) is 0.921. The van der Waals surface area contributed by atoms with Gasteiger partial charge in [-0.15, -0.1) is 28.8 Å². The Hall–Kier alpha value is -1.44. The number of carbonyl (C=O) groups excluding carboxylic acids is 1. The average Bonchev–Trinajstić information content (AvgIpc) is 3.05. The van der Waals surface area contributed by atoms with Crippen LogP contribution in [0.1, 0.15) is 21.8 Å². The van der Waals surface area contributed by atoms with Crippen LogP contribution in [0.3, 0.4) is 0 Å². The van der Waals surface area contributed by atoms with Crippen molar-refractivity contribution in [3.05, 3.63) is 34.3 Å². The van der Waals surface area contributed by atoms with Gasteiger partial charge >= 0.3 is 0 Å². The van der Waals surface area contributed by atoms with Crippen LogP contribution in [0.4, 0.5) is 0 Å². The minimum atomic E-state index is -0.0221. The van der Waals surface area contributed by atoms with Gasteiger partial charge in [0, 0.05) is 24.5 Å². The van der Waals surface area contributed by atoms with E-state index in [2.05, 4.69) is 15.6 Å². The molecule has 2 aromatic rings. The Morgan fingerprint density at radius 1 is 1.38 bits per heavy atom. The zero-order chi connectivity index (χ0) is 13.8. The molecule has 1 N–H and O–H groups in total. The first-order valence-electron chi connectivity index (χ1n) is 6.75. The van der Waals surface area contributed by atoms with Crippen molar-refractivity contribution in [2.24, 2.45) is 0 Å². The lowest BCUT2D eigenvalue weighted by molar-refractivity contribution is 0.0760. The molecule has 1 saturated heterocycles. The Morgan fingerprint density at radius 2 is 2.29 bits per heavy atom. The Morgan fingerprint density at radius 3 is 3.10 bits per heavy atom. The highest BCUT2D eigenvalue weighted by Crippen LogP contribution is 2.10. The van der Waals surface area contributed by atoms with Crippen LogP contribution in [0, 0.1) is 0 Å². The number of thiophene rings is 1. The van der Waals surface area contributed by atoms with Gasteiger partial charge in [0.15, 0.2) is 5.69 Å². The summed E-state index contributed by atoms with van der Waals surface area (Å²) in [7, 11) is 0. The predicted molar refractivity (Wildman–Crippen MR) is 84.1 cm³/mol. The molecule has 8 heteroatoms. The molecule has 114 valence electrons. The molecule has 2 aromatic heterocycles. The average molecular weight is 328 g/mol. The number of carbonyl (C=O) groups is 1. The van der Waals surface area contributed by atoms with Gasteiger partial charge in [-0.25, -0.2) is 4.68 Å². The first-order chi connectivity index (χ1) is 9.83. The van der Waals surface area contributed by atoms with Crippen LogP contribution in [-0.4, -0.2) is 52.0 Å². The molecule has 0 saturated carbocycles.